The summed E-state index contributed by atoms with van der Waals surface area (Å²) in [5.41, 5.74) is 5.72. The van der Waals surface area contributed by atoms with Crippen molar-refractivity contribution in [3.05, 3.63) is 77.2 Å². The van der Waals surface area contributed by atoms with Gasteiger partial charge in [0.2, 0.25) is 5.95 Å². The first-order chi connectivity index (χ1) is 18.0. The standard InChI is InChI=1S/C29H33N7O/c1-4-20-7-6-14-36-25(17-31-28(20)36)26-24(15-30)16-32-29(34-26)33-19(2)21-9-11-22(12-10-21)27(37)23-8-5-13-35(3)18-23/h6-7,9-12,14,16-17,19,23,27,37H,4-5,8,13,18H2,1-3H3,(H,32,33,34)/t19-,23-,27?/m0/s1. The number of nitriles is 1. The number of aryl methyl sites for hydroxylation is 1. The number of nitrogens with one attached hydrogen (secondary N) is 1. The highest BCUT2D eigenvalue weighted by Crippen LogP contribution is 2.31. The van der Waals surface area contributed by atoms with E-state index in [4.69, 9.17) is 4.98 Å². The number of fused-ring (bicyclic) bond motifs is 1. The van der Waals surface area contributed by atoms with Gasteiger partial charge in [0.05, 0.1) is 35.8 Å². The van der Waals surface area contributed by atoms with Crippen molar-refractivity contribution in [3.63, 3.8) is 0 Å². The summed E-state index contributed by atoms with van der Waals surface area (Å²) in [6.45, 7) is 6.16. The summed E-state index contributed by atoms with van der Waals surface area (Å²) >= 11 is 0. The van der Waals surface area contributed by atoms with Crippen molar-refractivity contribution in [2.45, 2.75) is 45.3 Å². The molecule has 8 heteroatoms. The van der Waals surface area contributed by atoms with Crippen LogP contribution >= 0.6 is 0 Å². The first-order valence-electron chi connectivity index (χ1n) is 12.9. The average molecular weight is 496 g/mol. The van der Waals surface area contributed by atoms with Crippen LogP contribution in [-0.4, -0.2) is 49.5 Å². The topological polar surface area (TPSA) is 102 Å². The van der Waals surface area contributed by atoms with Crippen LogP contribution < -0.4 is 5.32 Å². The van der Waals surface area contributed by atoms with Crippen molar-refractivity contribution in [1.82, 2.24) is 24.3 Å². The number of piperidine rings is 1. The highest BCUT2D eigenvalue weighted by atomic mass is 16.3. The Morgan fingerprint density at radius 3 is 2.68 bits per heavy atom. The van der Waals surface area contributed by atoms with Gasteiger partial charge in [-0.2, -0.15) is 5.26 Å². The SMILES string of the molecule is CCc1cccn2c(-c3nc(N[C@@H](C)c4ccc(C(O)[C@H]5CCCN(C)C5)cc4)ncc3C#N)cnc12. The van der Waals surface area contributed by atoms with Gasteiger partial charge in [-0.05, 0) is 62.5 Å². The molecule has 0 amide bonds. The molecule has 4 heterocycles. The molecule has 1 aliphatic heterocycles. The van der Waals surface area contributed by atoms with Gasteiger partial charge in [0, 0.05) is 18.7 Å². The molecule has 0 radical (unpaired) electrons. The molecule has 1 unspecified atom stereocenters. The molecule has 3 atom stereocenters. The maximum atomic E-state index is 10.9. The van der Waals surface area contributed by atoms with E-state index >= 15 is 0 Å². The Morgan fingerprint density at radius 1 is 1.16 bits per heavy atom. The molecule has 37 heavy (non-hydrogen) atoms. The molecule has 3 aromatic heterocycles. The van der Waals surface area contributed by atoms with Crippen LogP contribution in [0.3, 0.4) is 0 Å². The number of rotatable bonds is 7. The number of hydrogen-bond donors (Lipinski definition) is 2. The van der Waals surface area contributed by atoms with Crippen LogP contribution in [0.4, 0.5) is 5.95 Å². The van der Waals surface area contributed by atoms with Gasteiger partial charge in [-0.15, -0.1) is 0 Å². The van der Waals surface area contributed by atoms with Gasteiger partial charge in [0.25, 0.3) is 0 Å². The molecule has 0 spiro atoms. The largest absolute Gasteiger partial charge is 0.388 e. The van der Waals surface area contributed by atoms with Gasteiger partial charge in [0.15, 0.2) is 0 Å². The number of pyridine rings is 1. The molecule has 5 rings (SSSR count). The molecule has 190 valence electrons. The molecule has 1 aromatic carbocycles. The molecule has 1 fully saturated rings. The number of aliphatic hydroxyl groups excluding tert-OH is 1. The number of anilines is 1. The third-order valence-electron chi connectivity index (χ3n) is 7.38. The van der Waals surface area contributed by atoms with Crippen LogP contribution in [0, 0.1) is 17.2 Å². The zero-order valence-corrected chi connectivity index (χ0v) is 21.6. The summed E-state index contributed by atoms with van der Waals surface area (Å²) in [5.74, 6) is 0.705. The van der Waals surface area contributed by atoms with E-state index in [0.29, 0.717) is 17.2 Å². The Hall–Kier alpha value is -3.80. The van der Waals surface area contributed by atoms with Gasteiger partial charge in [0.1, 0.15) is 17.4 Å². The number of likely N-dealkylation sites (tertiary alicyclic amines) is 1. The quantitative estimate of drug-likeness (QED) is 0.381. The third-order valence-corrected chi connectivity index (χ3v) is 7.38. The lowest BCUT2D eigenvalue weighted by Gasteiger charge is -2.33. The van der Waals surface area contributed by atoms with Gasteiger partial charge in [-0.25, -0.2) is 15.0 Å². The van der Waals surface area contributed by atoms with Gasteiger partial charge >= 0.3 is 0 Å². The molecule has 0 saturated carbocycles. The molecule has 2 N–H and O–H groups in total. The first kappa shape index (κ1) is 24.9. The Bertz CT molecular complexity index is 1420. The lowest BCUT2D eigenvalue weighted by Crippen LogP contribution is -2.35. The number of aliphatic hydroxyl groups is 1. The Labute approximate surface area is 217 Å². The highest BCUT2D eigenvalue weighted by molar-refractivity contribution is 5.68. The van der Waals surface area contributed by atoms with Crippen LogP contribution in [0.15, 0.2) is 55.0 Å². The van der Waals surface area contributed by atoms with Crippen molar-refractivity contribution < 1.29 is 5.11 Å². The zero-order chi connectivity index (χ0) is 25.9. The lowest BCUT2D eigenvalue weighted by atomic mass is 9.88. The van der Waals surface area contributed by atoms with Crippen LogP contribution in [0.5, 0.6) is 0 Å². The van der Waals surface area contributed by atoms with E-state index < -0.39 is 6.10 Å². The summed E-state index contributed by atoms with van der Waals surface area (Å²) in [6.07, 6.45) is 7.85. The summed E-state index contributed by atoms with van der Waals surface area (Å²) in [5, 5.41) is 24.0. The Kier molecular flexibility index (Phi) is 7.17. The minimum absolute atomic E-state index is 0.0679. The van der Waals surface area contributed by atoms with Gasteiger partial charge < -0.3 is 15.3 Å². The minimum Gasteiger partial charge on any atom is -0.388 e. The zero-order valence-electron chi connectivity index (χ0n) is 21.6. The predicted molar refractivity (Wildman–Crippen MR) is 144 cm³/mol. The molecular formula is C29H33N7O. The number of aromatic nitrogens is 4. The fraction of sp³-hybridized carbons (Fsp3) is 0.379. The third kappa shape index (κ3) is 5.06. The average Bonchev–Trinajstić information content (AvgIpc) is 3.37. The molecule has 8 nitrogen and oxygen atoms in total. The van der Waals surface area contributed by atoms with E-state index in [1.54, 1.807) is 12.4 Å². The summed E-state index contributed by atoms with van der Waals surface area (Å²) in [7, 11) is 2.11. The maximum Gasteiger partial charge on any atom is 0.223 e. The van der Waals surface area contributed by atoms with Crippen molar-refractivity contribution in [2.24, 2.45) is 5.92 Å². The number of benzene rings is 1. The second-order valence-electron chi connectivity index (χ2n) is 9.93. The Morgan fingerprint density at radius 2 is 1.95 bits per heavy atom. The number of hydrogen-bond acceptors (Lipinski definition) is 7. The monoisotopic (exact) mass is 495 g/mol. The van der Waals surface area contributed by atoms with Crippen molar-refractivity contribution in [1.29, 1.82) is 5.26 Å². The van der Waals surface area contributed by atoms with Crippen molar-refractivity contribution >= 4 is 11.6 Å². The molecule has 1 aliphatic rings. The van der Waals surface area contributed by atoms with Gasteiger partial charge in [-0.3, -0.25) is 4.40 Å². The van der Waals surface area contributed by atoms with Crippen LogP contribution in [-0.2, 0) is 6.42 Å². The maximum absolute atomic E-state index is 10.9. The first-order valence-corrected chi connectivity index (χ1v) is 12.9. The molecule has 0 aliphatic carbocycles. The van der Waals surface area contributed by atoms with E-state index in [2.05, 4.69) is 46.3 Å². The lowest BCUT2D eigenvalue weighted by molar-refractivity contribution is 0.0592. The summed E-state index contributed by atoms with van der Waals surface area (Å²) in [6, 6.07) is 14.3. The second-order valence-corrected chi connectivity index (χ2v) is 9.93. The smallest absolute Gasteiger partial charge is 0.223 e. The fourth-order valence-corrected chi connectivity index (χ4v) is 5.24. The van der Waals surface area contributed by atoms with E-state index in [1.165, 1.54) is 0 Å². The number of imidazole rings is 1. The highest BCUT2D eigenvalue weighted by Gasteiger charge is 2.25. The second kappa shape index (κ2) is 10.7. The van der Waals surface area contributed by atoms with E-state index in [1.807, 2.05) is 47.9 Å². The van der Waals surface area contributed by atoms with Crippen LogP contribution in [0.1, 0.15) is 61.1 Å². The minimum atomic E-state index is -0.455. The summed E-state index contributed by atoms with van der Waals surface area (Å²) in [4.78, 5) is 16.0. The molecule has 0 bridgehead atoms. The Balaban J connectivity index is 1.36. The van der Waals surface area contributed by atoms with Crippen LogP contribution in [0.25, 0.3) is 17.0 Å². The molecule has 1 saturated heterocycles. The number of nitrogens with zero attached hydrogens (tertiary/aromatic N) is 6. The van der Waals surface area contributed by atoms with Crippen molar-refractivity contribution in [3.8, 4) is 17.5 Å². The molecular weight excluding hydrogens is 462 g/mol. The summed E-state index contributed by atoms with van der Waals surface area (Å²) < 4.78 is 1.98. The van der Waals surface area contributed by atoms with Crippen molar-refractivity contribution in [2.75, 3.05) is 25.5 Å². The predicted octanol–water partition coefficient (Wildman–Crippen LogP) is 4.77. The molecule has 4 aromatic rings. The van der Waals surface area contributed by atoms with Crippen LogP contribution in [0.2, 0.25) is 0 Å². The normalized spacial score (nSPS) is 17.9. The van der Waals surface area contributed by atoms with E-state index in [-0.39, 0.29) is 12.0 Å². The fourth-order valence-electron chi connectivity index (χ4n) is 5.24. The van der Waals surface area contributed by atoms with E-state index in [0.717, 1.165) is 60.4 Å². The van der Waals surface area contributed by atoms with Gasteiger partial charge in [-0.1, -0.05) is 37.3 Å². The van der Waals surface area contributed by atoms with E-state index in [9.17, 15) is 10.4 Å².